The second kappa shape index (κ2) is 21.2. The molecule has 0 aliphatic rings. The predicted octanol–water partition coefficient (Wildman–Crippen LogP) is 3.62. The van der Waals surface area contributed by atoms with Crippen molar-refractivity contribution < 1.29 is 17.3 Å². The van der Waals surface area contributed by atoms with Crippen molar-refractivity contribution in [3.05, 3.63) is 35.9 Å². The van der Waals surface area contributed by atoms with Crippen LogP contribution in [0.1, 0.15) is 109 Å². The van der Waals surface area contributed by atoms with Crippen LogP contribution < -0.4 is 17.3 Å². The molecule has 0 saturated heterocycles. The van der Waals surface area contributed by atoms with E-state index in [-0.39, 0.29) is 12.4 Å². The molecule has 0 unspecified atom stereocenters. The van der Waals surface area contributed by atoms with Crippen LogP contribution in [0.4, 0.5) is 0 Å². The van der Waals surface area contributed by atoms with Crippen LogP contribution in [0.2, 0.25) is 0 Å². The second-order valence-corrected chi connectivity index (χ2v) is 8.48. The first-order valence-electron chi connectivity index (χ1n) is 12.2. The van der Waals surface area contributed by atoms with E-state index in [1.54, 1.807) is 0 Å². The molecule has 0 aromatic heterocycles. The van der Waals surface area contributed by atoms with E-state index in [1.165, 1.54) is 122 Å². The van der Waals surface area contributed by atoms with Gasteiger partial charge in [0.15, 0.2) is 0 Å². The number of unbranched alkanes of at least 4 members (excludes halogenated alkanes) is 11. The minimum absolute atomic E-state index is 0. The normalized spacial score (nSPS) is 11.0. The first-order valence-corrected chi connectivity index (χ1v) is 12.2. The quantitative estimate of drug-likeness (QED) is 0.333. The highest BCUT2D eigenvalue weighted by Gasteiger charge is 2.04. The zero-order valence-electron chi connectivity index (χ0n) is 19.0. The van der Waals surface area contributed by atoms with Crippen molar-refractivity contribution in [1.82, 2.24) is 0 Å². The molecular formula is C26H48ClN. The van der Waals surface area contributed by atoms with Gasteiger partial charge in [-0.15, -0.1) is 0 Å². The van der Waals surface area contributed by atoms with Crippen molar-refractivity contribution in [3.63, 3.8) is 0 Å². The van der Waals surface area contributed by atoms with Crippen LogP contribution in [0, 0.1) is 0 Å². The van der Waals surface area contributed by atoms with Gasteiger partial charge in [0.25, 0.3) is 0 Å². The molecule has 0 bridgehead atoms. The molecule has 0 heterocycles. The average molecular weight is 410 g/mol. The standard InChI is InChI=1S/C26H47N.ClH/c1-3-23-27(24-4-2)25-19-14-12-10-8-6-5-7-9-11-13-16-20-26-21-17-15-18-22-26;/h15,17-18,21-22H,3-14,16,19-20,23-25H2,1-2H3;1H. The Morgan fingerprint density at radius 3 is 1.43 bits per heavy atom. The van der Waals surface area contributed by atoms with E-state index < -0.39 is 0 Å². The summed E-state index contributed by atoms with van der Waals surface area (Å²) in [6.45, 7) is 8.80. The zero-order valence-corrected chi connectivity index (χ0v) is 19.7. The molecule has 1 rings (SSSR count). The van der Waals surface area contributed by atoms with Gasteiger partial charge in [0.05, 0.1) is 19.6 Å². The number of halogens is 1. The lowest BCUT2D eigenvalue weighted by Gasteiger charge is -2.17. The van der Waals surface area contributed by atoms with Crippen LogP contribution >= 0.6 is 0 Å². The fraction of sp³-hybridized carbons (Fsp3) is 0.769. The van der Waals surface area contributed by atoms with Crippen molar-refractivity contribution in [3.8, 4) is 0 Å². The highest BCUT2D eigenvalue weighted by molar-refractivity contribution is 5.14. The lowest BCUT2D eigenvalue weighted by atomic mass is 10.0. The third kappa shape index (κ3) is 16.4. The summed E-state index contributed by atoms with van der Waals surface area (Å²) in [7, 11) is 0. The van der Waals surface area contributed by atoms with Gasteiger partial charge in [-0.05, 0) is 44.1 Å². The summed E-state index contributed by atoms with van der Waals surface area (Å²) in [5, 5.41) is 0. The van der Waals surface area contributed by atoms with Gasteiger partial charge in [-0.2, -0.15) is 0 Å². The number of benzene rings is 1. The number of hydrogen-bond acceptors (Lipinski definition) is 0. The van der Waals surface area contributed by atoms with Crippen LogP contribution in [0.25, 0.3) is 0 Å². The Labute approximate surface area is 183 Å². The lowest BCUT2D eigenvalue weighted by Crippen LogP contribution is -3.12. The molecule has 0 amide bonds. The molecule has 2 heteroatoms. The monoisotopic (exact) mass is 409 g/mol. The van der Waals surface area contributed by atoms with Crippen molar-refractivity contribution in [2.75, 3.05) is 19.6 Å². The summed E-state index contributed by atoms with van der Waals surface area (Å²) in [5.74, 6) is 0. The molecule has 0 radical (unpaired) electrons. The van der Waals surface area contributed by atoms with E-state index in [9.17, 15) is 0 Å². The van der Waals surface area contributed by atoms with Crippen molar-refractivity contribution in [1.29, 1.82) is 0 Å². The molecule has 0 aliphatic carbocycles. The maximum atomic E-state index is 2.32. The highest BCUT2D eigenvalue weighted by atomic mass is 35.5. The molecule has 1 aromatic rings. The van der Waals surface area contributed by atoms with E-state index >= 15 is 0 Å². The predicted molar refractivity (Wildman–Crippen MR) is 122 cm³/mol. The Kier molecular flexibility index (Phi) is 20.8. The molecule has 0 atom stereocenters. The van der Waals surface area contributed by atoms with Gasteiger partial charge in [0.2, 0.25) is 0 Å². The smallest absolute Gasteiger partial charge is 0.0770 e. The van der Waals surface area contributed by atoms with E-state index in [2.05, 4.69) is 44.2 Å². The van der Waals surface area contributed by atoms with Crippen LogP contribution in [0.3, 0.4) is 0 Å². The molecule has 1 aromatic carbocycles. The molecule has 1 nitrogen and oxygen atoms in total. The third-order valence-corrected chi connectivity index (χ3v) is 5.80. The maximum absolute atomic E-state index is 2.32. The number of nitrogens with one attached hydrogen (secondary N) is 1. The van der Waals surface area contributed by atoms with Crippen LogP contribution in [-0.2, 0) is 6.42 Å². The van der Waals surface area contributed by atoms with Crippen LogP contribution in [0.15, 0.2) is 30.3 Å². The van der Waals surface area contributed by atoms with Gasteiger partial charge >= 0.3 is 0 Å². The van der Waals surface area contributed by atoms with Crippen LogP contribution in [-0.4, -0.2) is 19.6 Å². The molecule has 0 aliphatic heterocycles. The minimum atomic E-state index is 0. The molecule has 28 heavy (non-hydrogen) atoms. The van der Waals surface area contributed by atoms with Gasteiger partial charge in [0.1, 0.15) is 0 Å². The van der Waals surface area contributed by atoms with E-state index in [1.807, 2.05) is 4.90 Å². The Morgan fingerprint density at radius 1 is 0.536 bits per heavy atom. The summed E-state index contributed by atoms with van der Waals surface area (Å²) >= 11 is 0. The average Bonchev–Trinajstić information content (AvgIpc) is 2.69. The largest absolute Gasteiger partial charge is 1.00 e. The molecule has 0 saturated carbocycles. The highest BCUT2D eigenvalue weighted by Crippen LogP contribution is 2.13. The zero-order chi connectivity index (χ0) is 19.4. The number of aryl methyl sites for hydroxylation is 1. The van der Waals surface area contributed by atoms with Gasteiger partial charge in [-0.1, -0.05) is 102 Å². The summed E-state index contributed by atoms with van der Waals surface area (Å²) in [4.78, 5) is 1.84. The number of hydrogen-bond donors (Lipinski definition) is 1. The van der Waals surface area contributed by atoms with Crippen LogP contribution in [0.5, 0.6) is 0 Å². The fourth-order valence-electron chi connectivity index (χ4n) is 4.20. The Hall–Kier alpha value is -0.530. The lowest BCUT2D eigenvalue weighted by molar-refractivity contribution is -0.900. The fourth-order valence-corrected chi connectivity index (χ4v) is 4.20. The van der Waals surface area contributed by atoms with Gasteiger partial charge in [-0.3, -0.25) is 0 Å². The molecule has 164 valence electrons. The molecule has 1 N–H and O–H groups in total. The third-order valence-electron chi connectivity index (χ3n) is 5.80. The van der Waals surface area contributed by atoms with Crippen molar-refractivity contribution >= 4 is 0 Å². The number of quaternary nitrogens is 1. The Bertz CT molecular complexity index is 400. The summed E-state index contributed by atoms with van der Waals surface area (Å²) in [5.41, 5.74) is 1.50. The Balaban J connectivity index is 0.00000729. The minimum Gasteiger partial charge on any atom is -1.00 e. The van der Waals surface area contributed by atoms with E-state index in [0.29, 0.717) is 0 Å². The molecule has 0 fully saturated rings. The van der Waals surface area contributed by atoms with Gasteiger partial charge in [-0.25, -0.2) is 0 Å². The van der Waals surface area contributed by atoms with Crippen molar-refractivity contribution in [2.24, 2.45) is 0 Å². The maximum Gasteiger partial charge on any atom is 0.0770 e. The van der Waals surface area contributed by atoms with Crippen molar-refractivity contribution in [2.45, 2.75) is 110 Å². The molecule has 0 spiro atoms. The summed E-state index contributed by atoms with van der Waals surface area (Å²) < 4.78 is 0. The topological polar surface area (TPSA) is 4.44 Å². The Morgan fingerprint density at radius 2 is 0.964 bits per heavy atom. The number of rotatable bonds is 19. The van der Waals surface area contributed by atoms with E-state index in [0.717, 1.165) is 0 Å². The van der Waals surface area contributed by atoms with E-state index in [4.69, 9.17) is 0 Å². The first kappa shape index (κ1) is 27.5. The molecular weight excluding hydrogens is 362 g/mol. The first-order chi connectivity index (χ1) is 13.4. The summed E-state index contributed by atoms with van der Waals surface area (Å²) in [6, 6.07) is 10.9. The summed E-state index contributed by atoms with van der Waals surface area (Å²) in [6.07, 6.45) is 21.3. The SMILES string of the molecule is CCC[NH+](CCC)CCCCCCCCCCCCCCc1ccccc1.[Cl-]. The van der Waals surface area contributed by atoms with Gasteiger partial charge in [0, 0.05) is 0 Å². The van der Waals surface area contributed by atoms with Gasteiger partial charge < -0.3 is 17.3 Å². The second-order valence-electron chi connectivity index (χ2n) is 8.48.